The second-order valence-corrected chi connectivity index (χ2v) is 5.00. The first kappa shape index (κ1) is 16.7. The molecule has 0 bridgehead atoms. The molecule has 0 radical (unpaired) electrons. The number of nitriles is 1. The van der Waals surface area contributed by atoms with Crippen molar-refractivity contribution in [2.24, 2.45) is 0 Å². The Morgan fingerprint density at radius 3 is 2.39 bits per heavy atom. The summed E-state index contributed by atoms with van der Waals surface area (Å²) in [5.74, 6) is 2.07. The van der Waals surface area contributed by atoms with Gasteiger partial charge in [0.15, 0.2) is 0 Å². The van der Waals surface area contributed by atoms with E-state index in [0.717, 1.165) is 22.8 Å². The van der Waals surface area contributed by atoms with Crippen molar-refractivity contribution in [2.45, 2.75) is 19.3 Å². The zero-order chi connectivity index (χ0) is 16.5. The number of rotatable bonds is 8. The van der Waals surface area contributed by atoms with Crippen molar-refractivity contribution >= 4 is 0 Å². The number of nitrogens with zero attached hydrogens (tertiary/aromatic N) is 1. The maximum absolute atomic E-state index is 9.39. The van der Waals surface area contributed by atoms with Crippen molar-refractivity contribution in [3.8, 4) is 23.3 Å². The molecule has 4 heteroatoms. The van der Waals surface area contributed by atoms with Crippen LogP contribution in [0.25, 0.3) is 0 Å². The van der Waals surface area contributed by atoms with E-state index in [2.05, 4.69) is 6.07 Å². The van der Waals surface area contributed by atoms with E-state index in [9.17, 15) is 5.26 Å². The van der Waals surface area contributed by atoms with Crippen molar-refractivity contribution in [3.63, 3.8) is 0 Å². The molecule has 1 unspecified atom stereocenters. The Balaban J connectivity index is 1.93. The summed E-state index contributed by atoms with van der Waals surface area (Å²) in [4.78, 5) is 0. The van der Waals surface area contributed by atoms with Crippen LogP contribution >= 0.6 is 0 Å². The molecular weight excluding hydrogens is 290 g/mol. The smallest absolute Gasteiger partial charge is 0.122 e. The molecule has 2 aromatic rings. The van der Waals surface area contributed by atoms with E-state index in [1.807, 2.05) is 55.5 Å². The Morgan fingerprint density at radius 2 is 1.70 bits per heavy atom. The summed E-state index contributed by atoms with van der Waals surface area (Å²) >= 11 is 0. The lowest BCUT2D eigenvalue weighted by Crippen LogP contribution is -2.05. The van der Waals surface area contributed by atoms with Gasteiger partial charge in [0.05, 0.1) is 32.3 Å². The van der Waals surface area contributed by atoms with Crippen molar-refractivity contribution in [2.75, 3.05) is 20.3 Å². The van der Waals surface area contributed by atoms with Gasteiger partial charge in [-0.1, -0.05) is 18.2 Å². The Labute approximate surface area is 137 Å². The van der Waals surface area contributed by atoms with Crippen LogP contribution in [0.2, 0.25) is 0 Å². The third kappa shape index (κ3) is 4.93. The van der Waals surface area contributed by atoms with Gasteiger partial charge in [0.1, 0.15) is 17.2 Å². The summed E-state index contributed by atoms with van der Waals surface area (Å²) in [7, 11) is 1.62. The van der Waals surface area contributed by atoms with Gasteiger partial charge in [-0.2, -0.15) is 5.26 Å². The van der Waals surface area contributed by atoms with Crippen LogP contribution in [0.5, 0.6) is 17.2 Å². The average Bonchev–Trinajstić information content (AvgIpc) is 2.59. The van der Waals surface area contributed by atoms with Gasteiger partial charge in [-0.3, -0.25) is 0 Å². The van der Waals surface area contributed by atoms with Crippen molar-refractivity contribution in [3.05, 3.63) is 54.1 Å². The Hall–Kier alpha value is -2.67. The fraction of sp³-hybridized carbons (Fsp3) is 0.316. The van der Waals surface area contributed by atoms with E-state index in [4.69, 9.17) is 14.2 Å². The molecule has 0 fully saturated rings. The lowest BCUT2D eigenvalue weighted by molar-refractivity contribution is 0.299. The Bertz CT molecular complexity index is 664. The summed E-state index contributed by atoms with van der Waals surface area (Å²) in [5, 5.41) is 9.39. The number of benzene rings is 2. The first-order valence-electron chi connectivity index (χ1n) is 7.66. The standard InChI is InChI=1S/C19H21NO3/c1-3-22-18-8-5-9-19(13-18)23-11-10-16(14-20)15-6-4-7-17(12-15)21-2/h4-9,12-13,16H,3,10-11H2,1-2H3. The molecule has 1 atom stereocenters. The van der Waals surface area contributed by atoms with Crippen LogP contribution in [0.4, 0.5) is 0 Å². The largest absolute Gasteiger partial charge is 0.497 e. The molecule has 0 spiro atoms. The fourth-order valence-electron chi connectivity index (χ4n) is 2.28. The van der Waals surface area contributed by atoms with E-state index in [0.29, 0.717) is 19.6 Å². The molecule has 2 aromatic carbocycles. The summed E-state index contributed by atoms with van der Waals surface area (Å²) in [6.07, 6.45) is 0.614. The third-order valence-electron chi connectivity index (χ3n) is 3.44. The van der Waals surface area contributed by atoms with Crippen molar-refractivity contribution in [1.82, 2.24) is 0 Å². The molecule has 120 valence electrons. The average molecular weight is 311 g/mol. The summed E-state index contributed by atoms with van der Waals surface area (Å²) in [6.45, 7) is 3.03. The van der Waals surface area contributed by atoms with E-state index in [1.54, 1.807) is 7.11 Å². The predicted molar refractivity (Wildman–Crippen MR) is 89.1 cm³/mol. The number of hydrogen-bond acceptors (Lipinski definition) is 4. The highest BCUT2D eigenvalue weighted by Gasteiger charge is 2.11. The van der Waals surface area contributed by atoms with E-state index in [1.165, 1.54) is 0 Å². The van der Waals surface area contributed by atoms with Gasteiger partial charge in [0.2, 0.25) is 0 Å². The van der Waals surface area contributed by atoms with Crippen LogP contribution in [-0.2, 0) is 0 Å². The molecular formula is C19H21NO3. The first-order valence-corrected chi connectivity index (χ1v) is 7.66. The highest BCUT2D eigenvalue weighted by Crippen LogP contribution is 2.24. The van der Waals surface area contributed by atoms with Gasteiger partial charge < -0.3 is 14.2 Å². The second kappa shape index (κ2) is 8.70. The lowest BCUT2D eigenvalue weighted by atomic mass is 9.97. The normalized spacial score (nSPS) is 11.3. The molecule has 4 nitrogen and oxygen atoms in total. The van der Waals surface area contributed by atoms with Gasteiger partial charge in [-0.05, 0) is 36.8 Å². The number of ether oxygens (including phenoxy) is 3. The number of methoxy groups -OCH3 is 1. The molecule has 0 saturated heterocycles. The molecule has 0 saturated carbocycles. The van der Waals surface area contributed by atoms with Crippen LogP contribution in [-0.4, -0.2) is 20.3 Å². The monoisotopic (exact) mass is 311 g/mol. The van der Waals surface area contributed by atoms with Crippen LogP contribution in [0, 0.1) is 11.3 Å². The minimum Gasteiger partial charge on any atom is -0.497 e. The van der Waals surface area contributed by atoms with Gasteiger partial charge in [-0.25, -0.2) is 0 Å². The second-order valence-electron chi connectivity index (χ2n) is 5.00. The van der Waals surface area contributed by atoms with Crippen LogP contribution < -0.4 is 14.2 Å². The van der Waals surface area contributed by atoms with E-state index >= 15 is 0 Å². The zero-order valence-corrected chi connectivity index (χ0v) is 13.5. The maximum atomic E-state index is 9.39. The molecule has 23 heavy (non-hydrogen) atoms. The zero-order valence-electron chi connectivity index (χ0n) is 13.5. The summed E-state index contributed by atoms with van der Waals surface area (Å²) in [5.41, 5.74) is 0.943. The lowest BCUT2D eigenvalue weighted by Gasteiger charge is -2.12. The molecule has 0 heterocycles. The topological polar surface area (TPSA) is 51.5 Å². The highest BCUT2D eigenvalue weighted by atomic mass is 16.5. The summed E-state index contributed by atoms with van der Waals surface area (Å²) in [6, 6.07) is 17.4. The molecule has 0 aliphatic rings. The summed E-state index contributed by atoms with van der Waals surface area (Å²) < 4.78 is 16.4. The molecule has 0 amide bonds. The molecule has 0 aliphatic heterocycles. The van der Waals surface area contributed by atoms with Gasteiger partial charge >= 0.3 is 0 Å². The maximum Gasteiger partial charge on any atom is 0.122 e. The quantitative estimate of drug-likeness (QED) is 0.734. The number of hydrogen-bond donors (Lipinski definition) is 0. The highest BCUT2D eigenvalue weighted by molar-refractivity contribution is 5.34. The predicted octanol–water partition coefficient (Wildman–Crippen LogP) is 4.17. The SMILES string of the molecule is CCOc1cccc(OCCC(C#N)c2cccc(OC)c2)c1. The first-order chi connectivity index (χ1) is 11.3. The molecule has 0 N–H and O–H groups in total. The van der Waals surface area contributed by atoms with Crippen molar-refractivity contribution in [1.29, 1.82) is 5.26 Å². The minimum atomic E-state index is -0.222. The van der Waals surface area contributed by atoms with Gasteiger partial charge in [0, 0.05) is 12.5 Å². The van der Waals surface area contributed by atoms with Crippen LogP contribution in [0.15, 0.2) is 48.5 Å². The molecule has 2 rings (SSSR count). The fourth-order valence-corrected chi connectivity index (χ4v) is 2.28. The van der Waals surface area contributed by atoms with Crippen molar-refractivity contribution < 1.29 is 14.2 Å². The Morgan fingerprint density at radius 1 is 1.00 bits per heavy atom. The van der Waals surface area contributed by atoms with Gasteiger partial charge in [0.25, 0.3) is 0 Å². The molecule has 0 aliphatic carbocycles. The minimum absolute atomic E-state index is 0.222. The van der Waals surface area contributed by atoms with E-state index in [-0.39, 0.29) is 5.92 Å². The van der Waals surface area contributed by atoms with Gasteiger partial charge in [-0.15, -0.1) is 0 Å². The third-order valence-corrected chi connectivity index (χ3v) is 3.44. The molecule has 0 aromatic heterocycles. The Kier molecular flexibility index (Phi) is 6.31. The van der Waals surface area contributed by atoms with Crippen LogP contribution in [0.3, 0.4) is 0 Å². The van der Waals surface area contributed by atoms with Crippen LogP contribution in [0.1, 0.15) is 24.8 Å². The van der Waals surface area contributed by atoms with E-state index < -0.39 is 0 Å².